The van der Waals surface area contributed by atoms with Gasteiger partial charge in [-0.05, 0) is 129 Å². The van der Waals surface area contributed by atoms with Gasteiger partial charge in [-0.25, -0.2) is 0 Å². The summed E-state index contributed by atoms with van der Waals surface area (Å²) >= 11 is 0. The lowest BCUT2D eigenvalue weighted by atomic mass is 9.98. The van der Waals surface area contributed by atoms with E-state index in [-0.39, 0.29) is 0 Å². The Morgan fingerprint density at radius 3 is 1.16 bits per heavy atom. The van der Waals surface area contributed by atoms with Crippen molar-refractivity contribution in [2.45, 2.75) is 0 Å². The normalized spacial score (nSPS) is 11.6. The highest BCUT2D eigenvalue weighted by atomic mass is 15.3. The van der Waals surface area contributed by atoms with Gasteiger partial charge >= 0.3 is 0 Å². The summed E-state index contributed by atoms with van der Waals surface area (Å²) in [5, 5.41) is 14.8. The third kappa shape index (κ3) is 7.25. The summed E-state index contributed by atoms with van der Waals surface area (Å²) in [4.78, 5) is 0. The quantitative estimate of drug-likeness (QED) is 0.145. The maximum atomic E-state index is 5.16. The minimum Gasteiger partial charge on any atom is -0.309 e. The van der Waals surface area contributed by atoms with Crippen LogP contribution in [-0.2, 0) is 0 Å². The molecule has 0 aliphatic heterocycles. The Balaban J connectivity index is 0.964. The molecule has 11 aromatic carbocycles. The van der Waals surface area contributed by atoms with Crippen LogP contribution in [0.2, 0.25) is 0 Å². The first-order valence-electron chi connectivity index (χ1n) is 24.8. The van der Waals surface area contributed by atoms with Gasteiger partial charge in [0.15, 0.2) is 11.6 Å². The summed E-state index contributed by atoms with van der Waals surface area (Å²) in [6, 6.07) is 97.9. The third-order valence-electron chi connectivity index (χ3n) is 14.3. The Labute approximate surface area is 422 Å². The Hall–Kier alpha value is -9.84. The monoisotopic (exact) mass is 931 g/mol. The zero-order valence-electron chi connectivity index (χ0n) is 39.7. The second-order valence-corrected chi connectivity index (χ2v) is 18.7. The van der Waals surface area contributed by atoms with Crippen LogP contribution in [0.15, 0.2) is 273 Å². The molecule has 3 aromatic heterocycles. The van der Waals surface area contributed by atoms with E-state index in [0.717, 1.165) is 89.2 Å². The van der Waals surface area contributed by atoms with E-state index >= 15 is 0 Å². The van der Waals surface area contributed by atoms with Crippen molar-refractivity contribution in [2.75, 3.05) is 0 Å². The fraction of sp³-hybridized carbons (Fsp3) is 0. The molecule has 0 aliphatic carbocycles. The third-order valence-corrected chi connectivity index (χ3v) is 14.3. The summed E-state index contributed by atoms with van der Waals surface area (Å²) in [6.07, 6.45) is 0. The van der Waals surface area contributed by atoms with Crippen molar-refractivity contribution in [3.63, 3.8) is 0 Å². The Morgan fingerprint density at radius 1 is 0.219 bits per heavy atom. The van der Waals surface area contributed by atoms with E-state index < -0.39 is 0 Å². The molecule has 0 fully saturated rings. The maximum absolute atomic E-state index is 5.16. The Kier molecular flexibility index (Phi) is 10.1. The average molecular weight is 932 g/mol. The molecular weight excluding hydrogens is 887 g/mol. The largest absolute Gasteiger partial charge is 0.309 e. The number of hydrogen-bond acceptors (Lipinski definition) is 2. The molecule has 0 spiro atoms. The molecule has 0 unspecified atom stereocenters. The smallest absolute Gasteiger partial charge is 0.169 e. The lowest BCUT2D eigenvalue weighted by molar-refractivity contribution is 1.07. The van der Waals surface area contributed by atoms with E-state index in [0.29, 0.717) is 0 Å². The Morgan fingerprint density at radius 2 is 0.630 bits per heavy atom. The fourth-order valence-corrected chi connectivity index (χ4v) is 11.0. The minimum atomic E-state index is 0.765. The number of hydrogen-bond donors (Lipinski definition) is 0. The van der Waals surface area contributed by atoms with Crippen molar-refractivity contribution in [3.05, 3.63) is 273 Å². The minimum absolute atomic E-state index is 0.765. The summed E-state index contributed by atoms with van der Waals surface area (Å²) in [6.45, 7) is 0. The van der Waals surface area contributed by atoms with E-state index in [9.17, 15) is 0 Å². The van der Waals surface area contributed by atoms with E-state index in [1.807, 2.05) is 0 Å². The Bertz CT molecular complexity index is 4230. The van der Waals surface area contributed by atoms with Crippen LogP contribution in [0.5, 0.6) is 0 Å². The van der Waals surface area contributed by atoms with Crippen molar-refractivity contribution < 1.29 is 0 Å². The molecule has 342 valence electrons. The molecular formula is C68H45N5. The number of fused-ring (bicyclic) bond motifs is 6. The molecule has 0 saturated heterocycles. The van der Waals surface area contributed by atoms with Crippen LogP contribution >= 0.6 is 0 Å². The molecule has 5 heteroatoms. The lowest BCUT2D eigenvalue weighted by Gasteiger charge is -2.15. The second kappa shape index (κ2) is 17.5. The van der Waals surface area contributed by atoms with Crippen molar-refractivity contribution >= 4 is 43.6 Å². The molecule has 14 rings (SSSR count). The standard InChI is InChI=1S/C68H45N5/c1-6-21-46(22-7-1)51-39-52(47-23-8-2-9-24-47)42-56(41-51)71-62-34-18-16-31-58(62)61-45-50(37-38-64(61)71)67-69-70-68(73(67)55-29-14-5-15-30-55)60-33-20-36-65-66(60)59-32-17-19-35-63(59)72(65)57-43-53(48-25-10-3-11-26-48)40-54(44-57)49-27-12-4-13-28-49/h1-45H. The molecule has 3 heterocycles. The first kappa shape index (κ1) is 42.1. The molecule has 73 heavy (non-hydrogen) atoms. The van der Waals surface area contributed by atoms with Crippen LogP contribution in [0, 0.1) is 0 Å². The van der Waals surface area contributed by atoms with Crippen molar-refractivity contribution in [1.29, 1.82) is 0 Å². The summed E-state index contributed by atoms with van der Waals surface area (Å²) in [5.41, 5.74) is 18.9. The molecule has 0 bridgehead atoms. The van der Waals surface area contributed by atoms with Gasteiger partial charge in [0.2, 0.25) is 0 Å². The van der Waals surface area contributed by atoms with Crippen molar-refractivity contribution in [3.8, 4) is 84.3 Å². The molecule has 5 nitrogen and oxygen atoms in total. The predicted octanol–water partition coefficient (Wildman–Crippen LogP) is 17.5. The van der Waals surface area contributed by atoms with E-state index in [1.54, 1.807) is 0 Å². The highest BCUT2D eigenvalue weighted by Gasteiger charge is 2.24. The van der Waals surface area contributed by atoms with Gasteiger partial charge in [0, 0.05) is 49.7 Å². The van der Waals surface area contributed by atoms with Gasteiger partial charge in [-0.3, -0.25) is 4.57 Å². The molecule has 14 aromatic rings. The van der Waals surface area contributed by atoms with Crippen LogP contribution in [0.4, 0.5) is 0 Å². The van der Waals surface area contributed by atoms with Crippen LogP contribution in [0.3, 0.4) is 0 Å². The molecule has 0 radical (unpaired) electrons. The number of para-hydroxylation sites is 3. The van der Waals surface area contributed by atoms with Crippen LogP contribution in [0.25, 0.3) is 128 Å². The van der Waals surface area contributed by atoms with Crippen LogP contribution < -0.4 is 0 Å². The zero-order valence-corrected chi connectivity index (χ0v) is 39.7. The lowest BCUT2D eigenvalue weighted by Crippen LogP contribution is -2.01. The maximum Gasteiger partial charge on any atom is 0.169 e. The molecule has 0 saturated carbocycles. The van der Waals surface area contributed by atoms with Gasteiger partial charge in [-0.2, -0.15) is 0 Å². The van der Waals surface area contributed by atoms with Crippen molar-refractivity contribution in [2.24, 2.45) is 0 Å². The average Bonchev–Trinajstić information content (AvgIpc) is 4.18. The van der Waals surface area contributed by atoms with E-state index in [4.69, 9.17) is 10.2 Å². The zero-order chi connectivity index (χ0) is 48.2. The summed E-state index contributed by atoms with van der Waals surface area (Å²) < 4.78 is 7.06. The first-order valence-corrected chi connectivity index (χ1v) is 24.8. The van der Waals surface area contributed by atoms with E-state index in [1.165, 1.54) is 38.8 Å². The highest BCUT2D eigenvalue weighted by molar-refractivity contribution is 6.16. The van der Waals surface area contributed by atoms with Crippen molar-refractivity contribution in [1.82, 2.24) is 23.9 Å². The molecule has 0 amide bonds. The summed E-state index contributed by atoms with van der Waals surface area (Å²) in [5.74, 6) is 1.53. The number of rotatable bonds is 9. The topological polar surface area (TPSA) is 40.6 Å². The van der Waals surface area contributed by atoms with Gasteiger partial charge < -0.3 is 9.13 Å². The van der Waals surface area contributed by atoms with Gasteiger partial charge in [0.1, 0.15) is 0 Å². The molecule has 0 atom stereocenters. The van der Waals surface area contributed by atoms with Crippen LogP contribution in [-0.4, -0.2) is 23.9 Å². The SMILES string of the molecule is c1ccc(-c2cc(-c3ccccc3)cc(-n3c4ccccc4c4cc(-c5nnc(-c6cccc7c6c6ccccc6n7-c6cc(-c7ccccc7)cc(-c7ccccc7)c6)n5-c5ccccc5)ccc43)c2)cc1. The number of benzene rings is 11. The van der Waals surface area contributed by atoms with Crippen LogP contribution in [0.1, 0.15) is 0 Å². The second-order valence-electron chi connectivity index (χ2n) is 18.7. The highest BCUT2D eigenvalue weighted by Crippen LogP contribution is 2.43. The fourth-order valence-electron chi connectivity index (χ4n) is 11.0. The van der Waals surface area contributed by atoms with Gasteiger partial charge in [-0.1, -0.05) is 188 Å². The molecule has 0 aliphatic rings. The molecule has 0 N–H and O–H groups in total. The number of aromatic nitrogens is 5. The van der Waals surface area contributed by atoms with E-state index in [2.05, 4.69) is 287 Å². The number of nitrogens with zero attached hydrogens (tertiary/aromatic N) is 5. The van der Waals surface area contributed by atoms with Gasteiger partial charge in [0.25, 0.3) is 0 Å². The summed E-state index contributed by atoms with van der Waals surface area (Å²) in [7, 11) is 0. The van der Waals surface area contributed by atoms with Gasteiger partial charge in [-0.15, -0.1) is 10.2 Å². The predicted molar refractivity (Wildman–Crippen MR) is 303 cm³/mol. The van der Waals surface area contributed by atoms with Gasteiger partial charge in [0.05, 0.1) is 22.1 Å². The first-order chi connectivity index (χ1) is 36.2.